The number of benzene rings is 1. The predicted octanol–water partition coefficient (Wildman–Crippen LogP) is 2.57. The molecule has 0 radical (unpaired) electrons. The van der Waals surface area contributed by atoms with Crippen molar-refractivity contribution in [1.29, 1.82) is 0 Å². The van der Waals surface area contributed by atoms with Gasteiger partial charge in [-0.25, -0.2) is 4.98 Å². The largest absolute Gasteiger partial charge is 0.396 e. The van der Waals surface area contributed by atoms with E-state index in [-0.39, 0.29) is 23.8 Å². The molecule has 1 fully saturated rings. The van der Waals surface area contributed by atoms with E-state index in [1.807, 2.05) is 12.1 Å². The molecule has 0 spiro atoms. The molecule has 27 heavy (non-hydrogen) atoms. The van der Waals surface area contributed by atoms with Crippen molar-refractivity contribution < 1.29 is 9.90 Å². The lowest BCUT2D eigenvalue weighted by atomic mass is 9.89. The number of amides is 1. The highest BCUT2D eigenvalue weighted by molar-refractivity contribution is 7.99. The van der Waals surface area contributed by atoms with Crippen molar-refractivity contribution in [3.05, 3.63) is 34.6 Å². The summed E-state index contributed by atoms with van der Waals surface area (Å²) in [6.45, 7) is 1.13. The summed E-state index contributed by atoms with van der Waals surface area (Å²) < 4.78 is 1.57. The summed E-state index contributed by atoms with van der Waals surface area (Å²) in [6.07, 6.45) is 6.68. The number of nitrogens with one attached hydrogen (secondary N) is 1. The van der Waals surface area contributed by atoms with Gasteiger partial charge in [0, 0.05) is 19.7 Å². The molecule has 0 bridgehead atoms. The van der Waals surface area contributed by atoms with Gasteiger partial charge in [0.1, 0.15) is 0 Å². The van der Waals surface area contributed by atoms with E-state index >= 15 is 0 Å². The minimum atomic E-state index is -0.126. The van der Waals surface area contributed by atoms with Gasteiger partial charge in [-0.15, -0.1) is 0 Å². The smallest absolute Gasteiger partial charge is 0.262 e. The Balaban J connectivity index is 1.67. The van der Waals surface area contributed by atoms with Crippen LogP contribution in [0.5, 0.6) is 0 Å². The number of hydrogen-bond donors (Lipinski definition) is 2. The second-order valence-electron chi connectivity index (χ2n) is 7.04. The van der Waals surface area contributed by atoms with Gasteiger partial charge < -0.3 is 10.4 Å². The first-order valence-corrected chi connectivity index (χ1v) is 10.7. The number of nitrogens with zero attached hydrogens (tertiary/aromatic N) is 2. The second-order valence-corrected chi connectivity index (χ2v) is 7.98. The van der Waals surface area contributed by atoms with Crippen molar-refractivity contribution >= 4 is 28.6 Å². The SMILES string of the molecule is O=C(CSc1nc2ccccc2c(=O)n1CCCO)NCC1CCCCC1. The average Bonchev–Trinajstić information content (AvgIpc) is 2.71. The number of aliphatic hydroxyl groups excluding tert-OH is 1. The van der Waals surface area contributed by atoms with Crippen LogP contribution in [0, 0.1) is 5.92 Å². The standard InChI is InChI=1S/C20H27N3O3S/c24-12-6-11-23-19(26)16-9-4-5-10-17(16)22-20(23)27-14-18(25)21-13-15-7-2-1-3-8-15/h4-5,9-10,15,24H,1-3,6-8,11-14H2,(H,21,25). The van der Waals surface area contributed by atoms with Crippen molar-refractivity contribution in [2.75, 3.05) is 18.9 Å². The van der Waals surface area contributed by atoms with E-state index in [0.29, 0.717) is 34.9 Å². The van der Waals surface area contributed by atoms with Gasteiger partial charge in [-0.05, 0) is 37.3 Å². The van der Waals surface area contributed by atoms with Crippen LogP contribution in [0.15, 0.2) is 34.2 Å². The Morgan fingerprint density at radius 3 is 2.81 bits per heavy atom. The number of aromatic nitrogens is 2. The van der Waals surface area contributed by atoms with E-state index in [2.05, 4.69) is 10.3 Å². The lowest BCUT2D eigenvalue weighted by Crippen LogP contribution is -2.32. The highest BCUT2D eigenvalue weighted by atomic mass is 32.2. The molecule has 2 N–H and O–H groups in total. The van der Waals surface area contributed by atoms with Crippen molar-refractivity contribution in [1.82, 2.24) is 14.9 Å². The van der Waals surface area contributed by atoms with Gasteiger partial charge in [-0.3, -0.25) is 14.2 Å². The fourth-order valence-electron chi connectivity index (χ4n) is 3.51. The number of fused-ring (bicyclic) bond motifs is 1. The van der Waals surface area contributed by atoms with Crippen molar-refractivity contribution in [2.45, 2.75) is 50.2 Å². The minimum absolute atomic E-state index is 0.00521. The van der Waals surface area contributed by atoms with E-state index in [1.54, 1.807) is 16.7 Å². The zero-order chi connectivity index (χ0) is 19.1. The quantitative estimate of drug-likeness (QED) is 0.535. The van der Waals surface area contributed by atoms with Crippen molar-refractivity contribution in [3.8, 4) is 0 Å². The molecular formula is C20H27N3O3S. The molecule has 6 nitrogen and oxygen atoms in total. The van der Waals surface area contributed by atoms with E-state index in [1.165, 1.54) is 43.9 Å². The van der Waals surface area contributed by atoms with Crippen LogP contribution < -0.4 is 10.9 Å². The van der Waals surface area contributed by atoms with E-state index in [4.69, 9.17) is 5.11 Å². The maximum absolute atomic E-state index is 12.8. The van der Waals surface area contributed by atoms with Crippen LogP contribution >= 0.6 is 11.8 Å². The molecule has 1 amide bonds. The topological polar surface area (TPSA) is 84.2 Å². The van der Waals surface area contributed by atoms with E-state index in [0.717, 1.165) is 6.54 Å². The molecule has 1 aromatic heterocycles. The molecule has 1 saturated carbocycles. The van der Waals surface area contributed by atoms with E-state index < -0.39 is 0 Å². The molecule has 1 aromatic carbocycles. The van der Waals surface area contributed by atoms with Gasteiger partial charge >= 0.3 is 0 Å². The zero-order valence-electron chi connectivity index (χ0n) is 15.5. The molecule has 0 unspecified atom stereocenters. The Morgan fingerprint density at radius 2 is 2.04 bits per heavy atom. The van der Waals surface area contributed by atoms with Crippen LogP contribution in [0.1, 0.15) is 38.5 Å². The average molecular weight is 390 g/mol. The maximum atomic E-state index is 12.8. The van der Waals surface area contributed by atoms with Gasteiger partial charge in [0.25, 0.3) is 5.56 Å². The van der Waals surface area contributed by atoms with Crippen LogP contribution in [0.4, 0.5) is 0 Å². The van der Waals surface area contributed by atoms with Crippen LogP contribution in [0.25, 0.3) is 10.9 Å². The second kappa shape index (κ2) is 9.90. The zero-order valence-corrected chi connectivity index (χ0v) is 16.3. The monoisotopic (exact) mass is 389 g/mol. The Bertz CT molecular complexity index is 831. The van der Waals surface area contributed by atoms with Crippen LogP contribution in [0.2, 0.25) is 0 Å². The summed E-state index contributed by atoms with van der Waals surface area (Å²) in [5.74, 6) is 0.798. The fourth-order valence-corrected chi connectivity index (χ4v) is 4.37. The number of hydrogen-bond acceptors (Lipinski definition) is 5. The third-order valence-corrected chi connectivity index (χ3v) is 5.99. The molecule has 146 valence electrons. The first-order valence-electron chi connectivity index (χ1n) is 9.69. The highest BCUT2D eigenvalue weighted by Crippen LogP contribution is 2.23. The van der Waals surface area contributed by atoms with Gasteiger partial charge in [0.15, 0.2) is 5.16 Å². The van der Waals surface area contributed by atoms with Gasteiger partial charge in [0.05, 0.1) is 16.7 Å². The summed E-state index contributed by atoms with van der Waals surface area (Å²) in [5, 5.41) is 13.2. The summed E-state index contributed by atoms with van der Waals surface area (Å²) in [5.41, 5.74) is 0.507. The van der Waals surface area contributed by atoms with Crippen LogP contribution in [-0.2, 0) is 11.3 Å². The highest BCUT2D eigenvalue weighted by Gasteiger charge is 2.16. The number of carbonyl (C=O) groups excluding carboxylic acids is 1. The Labute approximate surface area is 163 Å². The summed E-state index contributed by atoms with van der Waals surface area (Å²) in [6, 6.07) is 7.22. The molecule has 0 atom stereocenters. The molecule has 2 aromatic rings. The van der Waals surface area contributed by atoms with Crippen LogP contribution in [-0.4, -0.2) is 39.5 Å². The molecule has 0 aliphatic heterocycles. The fraction of sp³-hybridized carbons (Fsp3) is 0.550. The lowest BCUT2D eigenvalue weighted by Gasteiger charge is -2.21. The third kappa shape index (κ3) is 5.32. The van der Waals surface area contributed by atoms with Gasteiger partial charge in [0.2, 0.25) is 5.91 Å². The Morgan fingerprint density at radius 1 is 1.26 bits per heavy atom. The first-order chi connectivity index (χ1) is 13.2. The Hall–Kier alpha value is -1.86. The van der Waals surface area contributed by atoms with Crippen LogP contribution in [0.3, 0.4) is 0 Å². The molecule has 3 rings (SSSR count). The summed E-state index contributed by atoms with van der Waals surface area (Å²) >= 11 is 1.28. The number of aliphatic hydroxyl groups is 1. The number of thioether (sulfide) groups is 1. The molecule has 7 heteroatoms. The third-order valence-electron chi connectivity index (χ3n) is 5.01. The van der Waals surface area contributed by atoms with Crippen molar-refractivity contribution in [2.24, 2.45) is 5.92 Å². The number of para-hydroxylation sites is 1. The maximum Gasteiger partial charge on any atom is 0.262 e. The predicted molar refractivity (Wildman–Crippen MR) is 108 cm³/mol. The summed E-state index contributed by atoms with van der Waals surface area (Å²) in [4.78, 5) is 29.6. The molecule has 1 aliphatic rings. The summed E-state index contributed by atoms with van der Waals surface area (Å²) in [7, 11) is 0. The van der Waals surface area contributed by atoms with Crippen molar-refractivity contribution in [3.63, 3.8) is 0 Å². The van der Waals surface area contributed by atoms with Gasteiger partial charge in [-0.1, -0.05) is 43.2 Å². The normalized spacial score (nSPS) is 15.1. The molecular weight excluding hydrogens is 362 g/mol. The number of rotatable bonds is 8. The minimum Gasteiger partial charge on any atom is -0.396 e. The Kier molecular flexibility index (Phi) is 7.29. The number of carbonyl (C=O) groups is 1. The van der Waals surface area contributed by atoms with E-state index in [9.17, 15) is 9.59 Å². The molecule has 1 aliphatic carbocycles. The lowest BCUT2D eigenvalue weighted by molar-refractivity contribution is -0.118. The van der Waals surface area contributed by atoms with Gasteiger partial charge in [-0.2, -0.15) is 0 Å². The molecule has 0 saturated heterocycles. The molecule has 1 heterocycles. The first kappa shape index (κ1) is 19.9.